The number of allylic oxidation sites excluding steroid dienone is 1. The van der Waals surface area contributed by atoms with Crippen LogP contribution in [-0.4, -0.2) is 107 Å². The van der Waals surface area contributed by atoms with Gasteiger partial charge in [0.15, 0.2) is 11.6 Å². The zero-order chi connectivity index (χ0) is 46.4. The summed E-state index contributed by atoms with van der Waals surface area (Å²) >= 11 is 0. The van der Waals surface area contributed by atoms with Gasteiger partial charge in [-0.05, 0) is 126 Å². The van der Waals surface area contributed by atoms with Crippen molar-refractivity contribution in [2.75, 3.05) is 13.2 Å². The Hall–Kier alpha value is -2.13. The van der Waals surface area contributed by atoms with E-state index in [1.165, 1.54) is 0 Å². The molecule has 12 aliphatic rings. The molecular weight excluding hydrogens is 837 g/mol. The van der Waals surface area contributed by atoms with Crippen molar-refractivity contribution in [3.63, 3.8) is 0 Å². The Morgan fingerprint density at radius 3 is 2.17 bits per heavy atom. The van der Waals surface area contributed by atoms with Crippen LogP contribution >= 0.6 is 0 Å². The maximum atomic E-state index is 15.0. The van der Waals surface area contributed by atoms with Crippen molar-refractivity contribution < 1.29 is 49.3 Å². The first-order valence-corrected chi connectivity index (χ1v) is 25.9. The largest absolute Gasteiger partial charge is 0.392 e. The third-order valence-corrected chi connectivity index (χ3v) is 22.9. The molecule has 0 unspecified atom stereocenters. The summed E-state index contributed by atoms with van der Waals surface area (Å²) in [5, 5.41) is 60.7. The molecule has 3 spiro atoms. The lowest BCUT2D eigenvalue weighted by Crippen LogP contribution is -2.70. The molecule has 12 heteroatoms. The molecular formula is C54H74N2O10. The molecule has 0 aromatic carbocycles. The second-order valence-electron chi connectivity index (χ2n) is 26.1. The summed E-state index contributed by atoms with van der Waals surface area (Å²) in [6.07, 6.45) is 11.9. The zero-order valence-electron chi connectivity index (χ0n) is 40.5. The lowest BCUT2D eigenvalue weighted by molar-refractivity contribution is -0.337. The highest BCUT2D eigenvalue weighted by Gasteiger charge is 2.77. The second-order valence-corrected chi connectivity index (χ2v) is 26.1. The van der Waals surface area contributed by atoms with Gasteiger partial charge in [-0.2, -0.15) is 0 Å². The Balaban J connectivity index is 0.769. The van der Waals surface area contributed by atoms with E-state index in [2.05, 4.69) is 39.8 Å². The first-order chi connectivity index (χ1) is 30.9. The number of carbonyl (C=O) groups is 1. The van der Waals surface area contributed by atoms with Gasteiger partial charge >= 0.3 is 0 Å². The molecule has 5 N–H and O–H groups in total. The van der Waals surface area contributed by atoms with E-state index in [9.17, 15) is 30.3 Å². The molecule has 4 aliphatic heterocycles. The van der Waals surface area contributed by atoms with Gasteiger partial charge in [0.2, 0.25) is 0 Å². The average Bonchev–Trinajstić information content (AvgIpc) is 3.90. The lowest BCUT2D eigenvalue weighted by Gasteiger charge is -2.64. The van der Waals surface area contributed by atoms with Crippen LogP contribution in [0.15, 0.2) is 23.3 Å². The normalized spacial score (nSPS) is 57.0. The van der Waals surface area contributed by atoms with Crippen LogP contribution in [0.5, 0.6) is 0 Å². The van der Waals surface area contributed by atoms with Gasteiger partial charge in [-0.15, -0.1) is 0 Å². The Morgan fingerprint density at radius 2 is 1.47 bits per heavy atom. The second kappa shape index (κ2) is 13.0. The average molecular weight is 911 g/mol. The molecule has 20 atom stereocenters. The summed E-state index contributed by atoms with van der Waals surface area (Å²) in [5.74, 6) is -1.93. The molecule has 0 amide bonds. The monoisotopic (exact) mass is 911 g/mol. The van der Waals surface area contributed by atoms with Crippen LogP contribution in [0.3, 0.4) is 0 Å². The van der Waals surface area contributed by atoms with Crippen LogP contribution in [0.25, 0.3) is 0 Å². The van der Waals surface area contributed by atoms with Gasteiger partial charge in [0.05, 0.1) is 64.3 Å². The molecule has 8 fully saturated rings. The molecule has 0 radical (unpaired) electrons. The first-order valence-electron chi connectivity index (χ1n) is 25.9. The first kappa shape index (κ1) is 43.9. The van der Waals surface area contributed by atoms with Gasteiger partial charge in [-0.25, -0.2) is 0 Å². The number of nitrogens with zero attached hydrogens (tertiary/aromatic N) is 2. The van der Waals surface area contributed by atoms with E-state index in [1.54, 1.807) is 6.92 Å². The predicted octanol–water partition coefficient (Wildman–Crippen LogP) is 5.65. The third kappa shape index (κ3) is 4.97. The zero-order valence-corrected chi connectivity index (χ0v) is 40.5. The molecule has 8 aliphatic carbocycles. The molecule has 1 aromatic heterocycles. The maximum Gasteiger partial charge on any atom is 0.198 e. The van der Waals surface area contributed by atoms with Crippen molar-refractivity contribution in [1.82, 2.24) is 9.97 Å². The summed E-state index contributed by atoms with van der Waals surface area (Å²) in [7, 11) is 0. The van der Waals surface area contributed by atoms with Crippen LogP contribution in [0.4, 0.5) is 0 Å². The summed E-state index contributed by atoms with van der Waals surface area (Å²) in [5.41, 5.74) is 0.00585. The van der Waals surface area contributed by atoms with Crippen LogP contribution in [0.1, 0.15) is 142 Å². The minimum Gasteiger partial charge on any atom is -0.392 e. The number of hydrogen-bond donors (Lipinski definition) is 5. The van der Waals surface area contributed by atoms with Gasteiger partial charge in [0.25, 0.3) is 0 Å². The number of Topliss-reactive ketones (excluding diaryl/α,β-unsaturated/α-hetero) is 1. The summed E-state index contributed by atoms with van der Waals surface area (Å²) < 4.78 is 26.2. The number of hydrogen-bond acceptors (Lipinski definition) is 12. The minimum absolute atomic E-state index is 0.0537. The number of aliphatic hydroxyl groups excluding tert-OH is 2. The van der Waals surface area contributed by atoms with Gasteiger partial charge in [0, 0.05) is 47.8 Å². The van der Waals surface area contributed by atoms with E-state index in [0.717, 1.165) is 78.9 Å². The Bertz CT molecular complexity index is 2390. The molecule has 0 bridgehead atoms. The number of carbonyl (C=O) groups excluding carboxylic acids is 1. The van der Waals surface area contributed by atoms with Crippen LogP contribution in [-0.2, 0) is 49.4 Å². The van der Waals surface area contributed by atoms with Gasteiger partial charge < -0.3 is 44.5 Å². The molecule has 12 nitrogen and oxygen atoms in total. The lowest BCUT2D eigenvalue weighted by atomic mass is 9.42. The van der Waals surface area contributed by atoms with Crippen molar-refractivity contribution in [3.8, 4) is 0 Å². The molecule has 5 heterocycles. The van der Waals surface area contributed by atoms with E-state index < -0.39 is 74.5 Å². The van der Waals surface area contributed by atoms with Crippen molar-refractivity contribution in [2.24, 2.45) is 69.0 Å². The number of fused-ring (bicyclic) bond motifs is 13. The molecule has 4 saturated carbocycles. The highest BCUT2D eigenvalue weighted by atomic mass is 16.7. The van der Waals surface area contributed by atoms with E-state index >= 15 is 0 Å². The molecule has 13 rings (SSSR count). The fourth-order valence-corrected chi connectivity index (χ4v) is 19.0. The van der Waals surface area contributed by atoms with E-state index in [1.807, 2.05) is 20.8 Å². The number of ether oxygens (including phenoxy) is 4. The Kier molecular flexibility index (Phi) is 8.66. The number of rotatable bonds is 0. The summed E-state index contributed by atoms with van der Waals surface area (Å²) in [6, 6.07) is 0. The molecule has 1 aromatic rings. The van der Waals surface area contributed by atoms with Gasteiger partial charge in [0.1, 0.15) is 23.6 Å². The smallest absolute Gasteiger partial charge is 0.198 e. The van der Waals surface area contributed by atoms with Crippen molar-refractivity contribution in [2.45, 2.75) is 198 Å². The standard InChI is InChI=1S/C54H74N2O10/c1-27-32-13-14-33-34-12-10-30-18-38-40(22-48(30,7)51(34,61)24-42(58)50(32,33)26-64-54(27)43(59)23-45(3,4)66-54)56-37-17-29-9-11-31-35(47(29,6)21-39(37)55-38)19-41(57)49(8)36(31)20-44-53(49,62)28(2)52(65-44)16-15-46(5,60)25-63-52/h14,20,27-32,34-35,41,43-44,57,59-62H,9-13,15-19,21-26H2,1-8H3/t27-,28-,29-,30-,31+,32-,34+,35-,41-,43-,44+,46+,47-,48-,49+,50-,51-,52+,53-,54-/m0/s1. The van der Waals surface area contributed by atoms with Crippen molar-refractivity contribution in [3.05, 3.63) is 46.1 Å². The highest BCUT2D eigenvalue weighted by Crippen LogP contribution is 2.72. The SMILES string of the molecule is C[C@H]1[C@@H]2CC=C3[C@H]4CC[C@H]5Cc6nc7c(nc6C[C@]5(C)[C@]4(O)CC(=O)[C@]32CO[C@]12OC(C)(C)C[C@@H]2O)C[C@@H]1CC[C@H]2C3=C[C@H]4O[C@]5(CC[C@@](C)(O)CO5)[C@H](C)[C@@]4(O)[C@@]3(C)[C@@H](O)C[C@@H]2[C@@]1(C)C7. The minimum atomic E-state index is -1.33. The summed E-state index contributed by atoms with van der Waals surface area (Å²) in [4.78, 5) is 26.0. The van der Waals surface area contributed by atoms with Crippen molar-refractivity contribution in [1.29, 1.82) is 0 Å². The molecule has 360 valence electrons. The number of ketones is 1. The Labute approximate surface area is 389 Å². The topological polar surface area (TPSA) is 181 Å². The number of aliphatic hydroxyl groups is 5. The van der Waals surface area contributed by atoms with Crippen molar-refractivity contribution >= 4 is 5.78 Å². The maximum absolute atomic E-state index is 15.0. The molecule has 4 saturated heterocycles. The summed E-state index contributed by atoms with van der Waals surface area (Å²) in [6.45, 7) is 16.9. The quantitative estimate of drug-likeness (QED) is 0.202. The van der Waals surface area contributed by atoms with E-state index in [4.69, 9.17) is 28.9 Å². The fourth-order valence-electron chi connectivity index (χ4n) is 19.0. The fraction of sp³-hybridized carbons (Fsp3) is 0.833. The highest BCUT2D eigenvalue weighted by molar-refractivity contribution is 5.92. The Morgan fingerprint density at radius 1 is 0.758 bits per heavy atom. The van der Waals surface area contributed by atoms with Gasteiger partial charge in [-0.1, -0.05) is 57.9 Å². The van der Waals surface area contributed by atoms with Crippen LogP contribution in [0, 0.1) is 69.0 Å². The number of aromatic nitrogens is 2. The van der Waals surface area contributed by atoms with E-state index in [0.29, 0.717) is 44.4 Å². The van der Waals surface area contributed by atoms with Gasteiger partial charge in [-0.3, -0.25) is 14.8 Å². The van der Waals surface area contributed by atoms with E-state index in [-0.39, 0.29) is 66.3 Å². The third-order valence-electron chi connectivity index (χ3n) is 22.9. The molecule has 66 heavy (non-hydrogen) atoms. The van der Waals surface area contributed by atoms with Crippen LogP contribution < -0.4 is 0 Å². The predicted molar refractivity (Wildman–Crippen MR) is 240 cm³/mol. The van der Waals surface area contributed by atoms with Crippen LogP contribution in [0.2, 0.25) is 0 Å².